The maximum absolute atomic E-state index is 10.4. The van der Waals surface area contributed by atoms with Gasteiger partial charge in [-0.25, -0.2) is 0 Å². The Labute approximate surface area is 105 Å². The van der Waals surface area contributed by atoms with Gasteiger partial charge in [-0.1, -0.05) is 13.3 Å². The number of nitrogens with two attached hydrogens (primary N) is 1. The molecule has 17 heavy (non-hydrogen) atoms. The van der Waals surface area contributed by atoms with Gasteiger partial charge < -0.3 is 15.7 Å². The Balaban J connectivity index is 1.81. The highest BCUT2D eigenvalue weighted by Gasteiger charge is 2.39. The van der Waals surface area contributed by atoms with Crippen molar-refractivity contribution in [3.63, 3.8) is 0 Å². The quantitative estimate of drug-likeness (QED) is 0.769. The predicted molar refractivity (Wildman–Crippen MR) is 70.8 cm³/mol. The molecular formula is C14H28N2O. The summed E-state index contributed by atoms with van der Waals surface area (Å²) >= 11 is 0. The first kappa shape index (κ1) is 13.3. The molecule has 2 fully saturated rings. The molecule has 3 nitrogen and oxygen atoms in total. The van der Waals surface area contributed by atoms with Crippen LogP contribution >= 0.6 is 0 Å². The Kier molecular flexibility index (Phi) is 4.45. The topological polar surface area (TPSA) is 49.5 Å². The fourth-order valence-electron chi connectivity index (χ4n) is 3.78. The highest BCUT2D eigenvalue weighted by atomic mass is 16.3. The van der Waals surface area contributed by atoms with E-state index in [4.69, 9.17) is 5.73 Å². The van der Waals surface area contributed by atoms with Gasteiger partial charge in [0.1, 0.15) is 0 Å². The highest BCUT2D eigenvalue weighted by molar-refractivity contribution is 4.93. The molecule has 3 N–H and O–H groups in total. The summed E-state index contributed by atoms with van der Waals surface area (Å²) in [6, 6.07) is 0.794. The van der Waals surface area contributed by atoms with Crippen molar-refractivity contribution in [3.8, 4) is 0 Å². The van der Waals surface area contributed by atoms with Gasteiger partial charge >= 0.3 is 0 Å². The summed E-state index contributed by atoms with van der Waals surface area (Å²) in [5, 5.41) is 10.4. The van der Waals surface area contributed by atoms with Crippen LogP contribution < -0.4 is 5.73 Å². The summed E-state index contributed by atoms with van der Waals surface area (Å²) < 4.78 is 0. The van der Waals surface area contributed by atoms with E-state index in [0.29, 0.717) is 12.5 Å². The maximum atomic E-state index is 10.4. The number of hydrogen-bond acceptors (Lipinski definition) is 3. The molecule has 3 heteroatoms. The first-order chi connectivity index (χ1) is 8.19. The molecule has 0 spiro atoms. The Bertz CT molecular complexity index is 246. The van der Waals surface area contributed by atoms with Crippen molar-refractivity contribution < 1.29 is 5.11 Å². The second-order valence-electron chi connectivity index (χ2n) is 5.93. The minimum absolute atomic E-state index is 0.436. The highest BCUT2D eigenvalue weighted by Crippen LogP contribution is 2.37. The molecule has 3 unspecified atom stereocenters. The number of likely N-dealkylation sites (tertiary alicyclic amines) is 1. The second-order valence-corrected chi connectivity index (χ2v) is 5.93. The molecule has 100 valence electrons. The van der Waals surface area contributed by atoms with Crippen LogP contribution in [0.4, 0.5) is 0 Å². The first-order valence-corrected chi connectivity index (χ1v) is 7.36. The van der Waals surface area contributed by atoms with Crippen LogP contribution in [0.3, 0.4) is 0 Å². The van der Waals surface area contributed by atoms with Crippen LogP contribution in [-0.2, 0) is 0 Å². The fraction of sp³-hybridized carbons (Fsp3) is 1.00. The van der Waals surface area contributed by atoms with Crippen LogP contribution in [-0.4, -0.2) is 41.3 Å². The van der Waals surface area contributed by atoms with Crippen molar-refractivity contribution in [1.82, 2.24) is 4.90 Å². The maximum Gasteiger partial charge on any atom is 0.0797 e. The lowest BCUT2D eigenvalue weighted by Gasteiger charge is -2.31. The molecule has 0 aromatic heterocycles. The van der Waals surface area contributed by atoms with Crippen LogP contribution in [0.25, 0.3) is 0 Å². The molecule has 2 rings (SSSR count). The lowest BCUT2D eigenvalue weighted by atomic mass is 9.88. The smallest absolute Gasteiger partial charge is 0.0797 e. The summed E-state index contributed by atoms with van der Waals surface area (Å²) in [5.74, 6) is 0.436. The Morgan fingerprint density at radius 1 is 1.35 bits per heavy atom. The summed E-state index contributed by atoms with van der Waals surface area (Å²) in [4.78, 5) is 2.62. The lowest BCUT2D eigenvalue weighted by molar-refractivity contribution is 0.00408. The third kappa shape index (κ3) is 2.83. The van der Waals surface area contributed by atoms with Crippen molar-refractivity contribution in [1.29, 1.82) is 0 Å². The average molecular weight is 240 g/mol. The molecule has 3 atom stereocenters. The van der Waals surface area contributed by atoms with Gasteiger partial charge in [-0.3, -0.25) is 0 Å². The van der Waals surface area contributed by atoms with Crippen LogP contribution in [0.15, 0.2) is 0 Å². The van der Waals surface area contributed by atoms with Gasteiger partial charge in [0.2, 0.25) is 0 Å². The van der Waals surface area contributed by atoms with Crippen LogP contribution in [0.1, 0.15) is 51.9 Å². The van der Waals surface area contributed by atoms with Gasteiger partial charge in [-0.2, -0.15) is 0 Å². The van der Waals surface area contributed by atoms with Gasteiger partial charge in [-0.15, -0.1) is 0 Å². The summed E-state index contributed by atoms with van der Waals surface area (Å²) in [7, 11) is 0. The Hall–Kier alpha value is -0.120. The lowest BCUT2D eigenvalue weighted by Crippen LogP contribution is -2.42. The minimum atomic E-state index is -0.554. The van der Waals surface area contributed by atoms with Crippen LogP contribution in [0.2, 0.25) is 0 Å². The molecule has 2 aliphatic rings. The molecule has 0 amide bonds. The average Bonchev–Trinajstić information content (AvgIpc) is 2.93. The zero-order valence-electron chi connectivity index (χ0n) is 11.2. The number of nitrogens with zero attached hydrogens (tertiary/aromatic N) is 1. The zero-order chi connectivity index (χ0) is 12.3. The molecule has 1 aliphatic carbocycles. The standard InChI is InChI=1S/C14H28N2O/c1-2-13-6-4-9-16(13)10-7-12-5-3-8-14(12,17)11-15/h12-13,17H,2-11,15H2,1H3. The molecule has 0 radical (unpaired) electrons. The van der Waals surface area contributed by atoms with Gasteiger partial charge in [0.25, 0.3) is 0 Å². The van der Waals surface area contributed by atoms with Crippen molar-refractivity contribution in [2.45, 2.75) is 63.5 Å². The zero-order valence-corrected chi connectivity index (χ0v) is 11.2. The van der Waals surface area contributed by atoms with Gasteiger partial charge in [-0.05, 0) is 57.5 Å². The molecule has 0 aromatic carbocycles. The van der Waals surface area contributed by atoms with E-state index < -0.39 is 5.60 Å². The first-order valence-electron chi connectivity index (χ1n) is 7.36. The van der Waals surface area contributed by atoms with Crippen LogP contribution in [0.5, 0.6) is 0 Å². The third-order valence-electron chi connectivity index (χ3n) is 5.01. The van der Waals surface area contributed by atoms with E-state index in [1.807, 2.05) is 0 Å². The van der Waals surface area contributed by atoms with E-state index in [2.05, 4.69) is 11.8 Å². The van der Waals surface area contributed by atoms with Crippen molar-refractivity contribution in [2.75, 3.05) is 19.6 Å². The van der Waals surface area contributed by atoms with Crippen molar-refractivity contribution in [3.05, 3.63) is 0 Å². The molecule has 1 aliphatic heterocycles. The molecule has 1 saturated heterocycles. The number of hydrogen-bond donors (Lipinski definition) is 2. The number of aliphatic hydroxyl groups is 1. The van der Waals surface area contributed by atoms with Crippen molar-refractivity contribution in [2.24, 2.45) is 11.7 Å². The summed E-state index contributed by atoms with van der Waals surface area (Å²) in [5.41, 5.74) is 5.18. The van der Waals surface area contributed by atoms with E-state index in [-0.39, 0.29) is 0 Å². The van der Waals surface area contributed by atoms with E-state index in [1.54, 1.807) is 0 Å². The van der Waals surface area contributed by atoms with E-state index in [1.165, 1.54) is 32.2 Å². The van der Waals surface area contributed by atoms with E-state index in [9.17, 15) is 5.11 Å². The van der Waals surface area contributed by atoms with Gasteiger partial charge in [0, 0.05) is 12.6 Å². The predicted octanol–water partition coefficient (Wildman–Crippen LogP) is 1.74. The van der Waals surface area contributed by atoms with E-state index >= 15 is 0 Å². The van der Waals surface area contributed by atoms with Crippen LogP contribution in [0, 0.1) is 5.92 Å². The molecular weight excluding hydrogens is 212 g/mol. The molecule has 1 saturated carbocycles. The summed E-state index contributed by atoms with van der Waals surface area (Å²) in [6.07, 6.45) is 8.34. The monoisotopic (exact) mass is 240 g/mol. The fourth-order valence-corrected chi connectivity index (χ4v) is 3.78. The Morgan fingerprint density at radius 3 is 2.88 bits per heavy atom. The molecule has 1 heterocycles. The van der Waals surface area contributed by atoms with Gasteiger partial charge in [0.15, 0.2) is 0 Å². The number of rotatable bonds is 5. The SMILES string of the molecule is CCC1CCCN1CCC1CCCC1(O)CN. The third-order valence-corrected chi connectivity index (χ3v) is 5.01. The normalized spacial score (nSPS) is 39.0. The molecule has 0 aromatic rings. The van der Waals surface area contributed by atoms with Gasteiger partial charge in [0.05, 0.1) is 5.60 Å². The Morgan fingerprint density at radius 2 is 2.18 bits per heavy atom. The summed E-state index contributed by atoms with van der Waals surface area (Å²) in [6.45, 7) is 5.14. The minimum Gasteiger partial charge on any atom is -0.388 e. The molecule has 0 bridgehead atoms. The second kappa shape index (κ2) is 5.68. The largest absolute Gasteiger partial charge is 0.388 e. The van der Waals surface area contributed by atoms with Crippen molar-refractivity contribution >= 4 is 0 Å². The van der Waals surface area contributed by atoms with E-state index in [0.717, 1.165) is 31.8 Å².